The third-order valence-corrected chi connectivity index (χ3v) is 2.10. The van der Waals surface area contributed by atoms with Gasteiger partial charge in [0.05, 0.1) is 7.11 Å². The molecule has 0 fully saturated rings. The Morgan fingerprint density at radius 3 is 2.64 bits per heavy atom. The maximum absolute atomic E-state index is 13.0. The molecule has 14 heavy (non-hydrogen) atoms. The Bertz CT molecular complexity index is 344. The smallest absolute Gasteiger partial charge is 0.181 e. The first-order chi connectivity index (χ1) is 6.61. The Labute approximate surface area is 85.8 Å². The summed E-state index contributed by atoms with van der Waals surface area (Å²) < 4.78 is 30.8. The summed E-state index contributed by atoms with van der Waals surface area (Å²) in [5, 5.41) is 2.48. The number of ether oxygens (including phenoxy) is 1. The monoisotopic (exact) mass is 221 g/mol. The highest BCUT2D eigenvalue weighted by Gasteiger charge is 2.16. The molecule has 0 unspecified atom stereocenters. The van der Waals surface area contributed by atoms with E-state index < -0.39 is 11.6 Å². The maximum Gasteiger partial charge on any atom is 0.181 e. The van der Waals surface area contributed by atoms with Gasteiger partial charge in [-0.2, -0.15) is 0 Å². The van der Waals surface area contributed by atoms with Crippen LogP contribution in [0, 0.1) is 11.6 Å². The van der Waals surface area contributed by atoms with E-state index >= 15 is 0 Å². The molecule has 0 aromatic heterocycles. The van der Waals surface area contributed by atoms with Gasteiger partial charge in [0.1, 0.15) is 10.8 Å². The number of halogens is 3. The number of nitrogens with one attached hydrogen (secondary N) is 1. The van der Waals surface area contributed by atoms with Gasteiger partial charge in [0.2, 0.25) is 0 Å². The van der Waals surface area contributed by atoms with Crippen LogP contribution in [-0.4, -0.2) is 14.2 Å². The second kappa shape index (κ2) is 4.57. The highest BCUT2D eigenvalue weighted by atomic mass is 35.5. The van der Waals surface area contributed by atoms with E-state index in [4.69, 9.17) is 16.3 Å². The third kappa shape index (κ3) is 1.96. The lowest BCUT2D eigenvalue weighted by Crippen LogP contribution is -2.08. The van der Waals surface area contributed by atoms with Crippen LogP contribution in [0.4, 0.5) is 8.78 Å². The lowest BCUT2D eigenvalue weighted by molar-refractivity contribution is 0.400. The highest BCUT2D eigenvalue weighted by Crippen LogP contribution is 2.32. The molecule has 78 valence electrons. The van der Waals surface area contributed by atoms with E-state index in [1.165, 1.54) is 7.11 Å². The molecule has 1 aromatic rings. The molecule has 0 spiro atoms. The molecule has 0 heterocycles. The van der Waals surface area contributed by atoms with Crippen molar-refractivity contribution in [2.24, 2.45) is 0 Å². The van der Waals surface area contributed by atoms with Crippen LogP contribution >= 0.6 is 11.6 Å². The van der Waals surface area contributed by atoms with Crippen molar-refractivity contribution < 1.29 is 13.5 Å². The van der Waals surface area contributed by atoms with Crippen molar-refractivity contribution >= 4 is 11.6 Å². The van der Waals surface area contributed by atoms with Crippen LogP contribution in [0.3, 0.4) is 0 Å². The van der Waals surface area contributed by atoms with Crippen molar-refractivity contribution in [3.8, 4) is 5.75 Å². The molecular formula is C9H10ClF2NO. The average Bonchev–Trinajstić information content (AvgIpc) is 2.16. The summed E-state index contributed by atoms with van der Waals surface area (Å²) in [7, 11) is 3.05. The van der Waals surface area contributed by atoms with Gasteiger partial charge in [0, 0.05) is 12.1 Å². The number of rotatable bonds is 3. The summed E-state index contributed by atoms with van der Waals surface area (Å²) >= 11 is 5.57. The quantitative estimate of drug-likeness (QED) is 0.792. The molecule has 0 aliphatic rings. The molecule has 0 aliphatic carbocycles. The second-order valence-electron chi connectivity index (χ2n) is 2.71. The molecule has 5 heteroatoms. The molecule has 0 aliphatic heterocycles. The van der Waals surface area contributed by atoms with Gasteiger partial charge in [-0.05, 0) is 13.1 Å². The van der Waals surface area contributed by atoms with Crippen LogP contribution in [0.5, 0.6) is 5.75 Å². The average molecular weight is 222 g/mol. The zero-order valence-corrected chi connectivity index (χ0v) is 8.58. The summed E-state index contributed by atoms with van der Waals surface area (Å²) in [6.45, 7) is 0.361. The molecule has 0 amide bonds. The normalized spacial score (nSPS) is 10.4. The predicted octanol–water partition coefficient (Wildman–Crippen LogP) is 2.35. The minimum atomic E-state index is -1.08. The number of methoxy groups -OCH3 is 1. The van der Waals surface area contributed by atoms with Crippen molar-refractivity contribution in [3.05, 3.63) is 28.3 Å². The zero-order chi connectivity index (χ0) is 10.7. The largest absolute Gasteiger partial charge is 0.495 e. The van der Waals surface area contributed by atoms with Crippen LogP contribution in [-0.2, 0) is 6.54 Å². The van der Waals surface area contributed by atoms with Gasteiger partial charge in [-0.3, -0.25) is 0 Å². The maximum atomic E-state index is 13.0. The first-order valence-corrected chi connectivity index (χ1v) is 4.34. The van der Waals surface area contributed by atoms with Crippen molar-refractivity contribution in [1.82, 2.24) is 5.32 Å². The highest BCUT2D eigenvalue weighted by molar-refractivity contribution is 6.32. The van der Waals surface area contributed by atoms with Gasteiger partial charge < -0.3 is 10.1 Å². The Kier molecular flexibility index (Phi) is 3.66. The zero-order valence-electron chi connectivity index (χ0n) is 7.83. The second-order valence-corrected chi connectivity index (χ2v) is 3.09. The van der Waals surface area contributed by atoms with Crippen LogP contribution in [0.2, 0.25) is 5.02 Å². The van der Waals surface area contributed by atoms with Gasteiger partial charge in [0.15, 0.2) is 11.6 Å². The van der Waals surface area contributed by atoms with Crippen LogP contribution < -0.4 is 10.1 Å². The van der Waals surface area contributed by atoms with Gasteiger partial charge in [-0.1, -0.05) is 11.6 Å². The molecular weight excluding hydrogens is 212 g/mol. The van der Waals surface area contributed by atoms with E-state index in [9.17, 15) is 8.78 Å². The first-order valence-electron chi connectivity index (χ1n) is 3.96. The van der Waals surface area contributed by atoms with Crippen LogP contribution in [0.1, 0.15) is 5.56 Å². The van der Waals surface area contributed by atoms with Crippen molar-refractivity contribution in [2.45, 2.75) is 6.54 Å². The summed E-state index contributed by atoms with van der Waals surface area (Å²) in [6.07, 6.45) is 0. The predicted molar refractivity (Wildman–Crippen MR) is 50.7 cm³/mol. The Hall–Kier alpha value is -0.870. The summed E-state index contributed by atoms with van der Waals surface area (Å²) in [5.74, 6) is -1.88. The Morgan fingerprint density at radius 2 is 2.14 bits per heavy atom. The SMILES string of the molecule is CNCc1cc(F)c(F)c(Cl)c1OC. The fourth-order valence-corrected chi connectivity index (χ4v) is 1.46. The van der Waals surface area contributed by atoms with Crippen LogP contribution in [0.15, 0.2) is 6.07 Å². The third-order valence-electron chi connectivity index (χ3n) is 1.77. The molecule has 0 saturated carbocycles. The molecule has 0 bridgehead atoms. The Morgan fingerprint density at radius 1 is 1.50 bits per heavy atom. The molecule has 1 rings (SSSR count). The van der Waals surface area contributed by atoms with Crippen LogP contribution in [0.25, 0.3) is 0 Å². The van der Waals surface area contributed by atoms with E-state index in [1.807, 2.05) is 0 Å². The fourth-order valence-electron chi connectivity index (χ4n) is 1.17. The van der Waals surface area contributed by atoms with E-state index in [2.05, 4.69) is 5.32 Å². The minimum absolute atomic E-state index is 0.167. The summed E-state index contributed by atoms with van der Waals surface area (Å²) in [6, 6.07) is 1.07. The van der Waals surface area contributed by atoms with Crippen molar-refractivity contribution in [3.63, 3.8) is 0 Å². The van der Waals surface area contributed by atoms with Gasteiger partial charge in [-0.15, -0.1) is 0 Å². The first kappa shape index (κ1) is 11.2. The van der Waals surface area contributed by atoms with E-state index in [0.29, 0.717) is 12.1 Å². The summed E-state index contributed by atoms with van der Waals surface area (Å²) in [5.41, 5.74) is 0.485. The standard InChI is InChI=1S/C9H10ClF2NO/c1-13-4-5-3-6(11)8(12)7(10)9(5)14-2/h3,13H,4H2,1-2H3. The fraction of sp³-hybridized carbons (Fsp3) is 0.333. The van der Waals surface area contributed by atoms with E-state index in [-0.39, 0.29) is 10.8 Å². The molecule has 0 radical (unpaired) electrons. The van der Waals surface area contributed by atoms with Crippen molar-refractivity contribution in [1.29, 1.82) is 0 Å². The Balaban J connectivity index is 3.28. The van der Waals surface area contributed by atoms with E-state index in [1.54, 1.807) is 7.05 Å². The van der Waals surface area contributed by atoms with E-state index in [0.717, 1.165) is 6.07 Å². The molecule has 1 N–H and O–H groups in total. The molecule has 1 aromatic carbocycles. The minimum Gasteiger partial charge on any atom is -0.495 e. The lowest BCUT2D eigenvalue weighted by Gasteiger charge is -2.10. The number of benzene rings is 1. The molecule has 0 saturated heterocycles. The lowest BCUT2D eigenvalue weighted by atomic mass is 10.2. The molecule has 2 nitrogen and oxygen atoms in total. The number of hydrogen-bond donors (Lipinski definition) is 1. The van der Waals surface area contributed by atoms with Crippen molar-refractivity contribution in [2.75, 3.05) is 14.2 Å². The molecule has 0 atom stereocenters. The van der Waals surface area contributed by atoms with Gasteiger partial charge >= 0.3 is 0 Å². The van der Waals surface area contributed by atoms with Gasteiger partial charge in [-0.25, -0.2) is 8.78 Å². The topological polar surface area (TPSA) is 21.3 Å². The van der Waals surface area contributed by atoms with Gasteiger partial charge in [0.25, 0.3) is 0 Å². The summed E-state index contributed by atoms with van der Waals surface area (Å²) in [4.78, 5) is 0. The number of hydrogen-bond acceptors (Lipinski definition) is 2.